The molecule has 0 atom stereocenters. The second-order valence-electron chi connectivity index (χ2n) is 4.45. The monoisotopic (exact) mass is 332 g/mol. The van der Waals surface area contributed by atoms with Gasteiger partial charge in [0.1, 0.15) is 10.7 Å². The molecule has 0 saturated carbocycles. The number of aryl methyl sites for hydroxylation is 1. The van der Waals surface area contributed by atoms with Crippen molar-refractivity contribution in [2.75, 3.05) is 0 Å². The third-order valence-electron chi connectivity index (χ3n) is 3.06. The van der Waals surface area contributed by atoms with Gasteiger partial charge in [-0.2, -0.15) is 11.3 Å². The standard InChI is InChI=1S/C13H14F2N2O2S2/c1-8-6-20-7-9(8)5-17-21(18,19)12-3-2-11(14)10(4-16)13(12)15/h2-3,6-7,17H,4-5,16H2,1H3. The van der Waals surface area contributed by atoms with Crippen LogP contribution < -0.4 is 10.5 Å². The van der Waals surface area contributed by atoms with Crippen molar-refractivity contribution in [2.45, 2.75) is 24.9 Å². The fraction of sp³-hybridized carbons (Fsp3) is 0.231. The van der Waals surface area contributed by atoms with Gasteiger partial charge in [-0.1, -0.05) is 0 Å². The van der Waals surface area contributed by atoms with Crippen LogP contribution in [-0.2, 0) is 23.1 Å². The van der Waals surface area contributed by atoms with Gasteiger partial charge in [-0.25, -0.2) is 21.9 Å². The van der Waals surface area contributed by atoms with Crippen LogP contribution in [0, 0.1) is 18.6 Å². The Morgan fingerprint density at radius 1 is 1.29 bits per heavy atom. The molecule has 21 heavy (non-hydrogen) atoms. The first-order chi connectivity index (χ1) is 9.86. The summed E-state index contributed by atoms with van der Waals surface area (Å²) in [5, 5.41) is 3.69. The molecule has 2 aromatic rings. The number of nitrogens with one attached hydrogen (secondary N) is 1. The minimum Gasteiger partial charge on any atom is -0.326 e. The Hall–Kier alpha value is -1.35. The Kier molecular flexibility index (Phi) is 4.72. The van der Waals surface area contributed by atoms with Gasteiger partial charge in [-0.15, -0.1) is 0 Å². The molecule has 1 heterocycles. The number of rotatable bonds is 5. The van der Waals surface area contributed by atoms with Crippen molar-refractivity contribution in [3.8, 4) is 0 Å². The summed E-state index contributed by atoms with van der Waals surface area (Å²) in [6, 6.07) is 1.79. The van der Waals surface area contributed by atoms with Crippen LogP contribution in [0.3, 0.4) is 0 Å². The molecule has 3 N–H and O–H groups in total. The molecule has 0 unspecified atom stereocenters. The van der Waals surface area contributed by atoms with Gasteiger partial charge in [0.25, 0.3) is 0 Å². The van der Waals surface area contributed by atoms with Gasteiger partial charge in [0.05, 0.1) is 0 Å². The van der Waals surface area contributed by atoms with Gasteiger partial charge in [0.2, 0.25) is 10.0 Å². The number of benzene rings is 1. The van der Waals surface area contributed by atoms with Crippen LogP contribution in [0.4, 0.5) is 8.78 Å². The average molecular weight is 332 g/mol. The van der Waals surface area contributed by atoms with Crippen molar-refractivity contribution in [3.63, 3.8) is 0 Å². The van der Waals surface area contributed by atoms with Crippen LogP contribution >= 0.6 is 11.3 Å². The van der Waals surface area contributed by atoms with E-state index in [0.717, 1.165) is 23.3 Å². The first-order valence-corrected chi connectivity index (χ1v) is 8.47. The first-order valence-electron chi connectivity index (χ1n) is 6.05. The van der Waals surface area contributed by atoms with Gasteiger partial charge < -0.3 is 5.73 Å². The van der Waals surface area contributed by atoms with Gasteiger partial charge in [0.15, 0.2) is 5.82 Å². The third kappa shape index (κ3) is 3.29. The lowest BCUT2D eigenvalue weighted by atomic mass is 10.2. The van der Waals surface area contributed by atoms with Crippen molar-refractivity contribution in [1.29, 1.82) is 0 Å². The van der Waals surface area contributed by atoms with E-state index in [1.807, 2.05) is 17.7 Å². The summed E-state index contributed by atoms with van der Waals surface area (Å²) in [5.41, 5.74) is 6.56. The molecule has 4 nitrogen and oxygen atoms in total. The van der Waals surface area contributed by atoms with E-state index in [9.17, 15) is 17.2 Å². The minimum atomic E-state index is -4.08. The quantitative estimate of drug-likeness (QED) is 0.882. The van der Waals surface area contributed by atoms with E-state index in [1.54, 1.807) is 0 Å². The summed E-state index contributed by atoms with van der Waals surface area (Å²) in [6.45, 7) is 1.49. The van der Waals surface area contributed by atoms with E-state index in [-0.39, 0.29) is 6.54 Å². The van der Waals surface area contributed by atoms with Crippen LogP contribution in [0.1, 0.15) is 16.7 Å². The first kappa shape index (κ1) is 16.0. The maximum atomic E-state index is 14.0. The molecule has 0 bridgehead atoms. The highest BCUT2D eigenvalue weighted by Crippen LogP contribution is 2.21. The number of hydrogen-bond acceptors (Lipinski definition) is 4. The normalized spacial score (nSPS) is 11.8. The Balaban J connectivity index is 2.30. The van der Waals surface area contributed by atoms with Gasteiger partial charge >= 0.3 is 0 Å². The number of hydrogen-bond donors (Lipinski definition) is 2. The van der Waals surface area contributed by atoms with Crippen molar-refractivity contribution >= 4 is 21.4 Å². The molecule has 114 valence electrons. The highest BCUT2D eigenvalue weighted by molar-refractivity contribution is 7.89. The fourth-order valence-electron chi connectivity index (χ4n) is 1.79. The Morgan fingerprint density at radius 2 is 2.00 bits per heavy atom. The van der Waals surface area contributed by atoms with E-state index < -0.39 is 38.7 Å². The molecule has 2 rings (SSSR count). The lowest BCUT2D eigenvalue weighted by Gasteiger charge is -2.10. The molecule has 0 radical (unpaired) electrons. The Bertz CT molecular complexity index is 758. The molecule has 0 saturated heterocycles. The van der Waals surface area contributed by atoms with Crippen LogP contribution in [0.5, 0.6) is 0 Å². The average Bonchev–Trinajstić information content (AvgIpc) is 2.82. The molecule has 0 spiro atoms. The zero-order valence-corrected chi connectivity index (χ0v) is 12.8. The lowest BCUT2D eigenvalue weighted by molar-refractivity contribution is 0.525. The molecule has 0 aliphatic rings. The highest BCUT2D eigenvalue weighted by atomic mass is 32.2. The van der Waals surface area contributed by atoms with E-state index in [0.29, 0.717) is 0 Å². The molecule has 0 aliphatic carbocycles. The van der Waals surface area contributed by atoms with Crippen LogP contribution in [-0.4, -0.2) is 8.42 Å². The molecule has 8 heteroatoms. The van der Waals surface area contributed by atoms with Crippen LogP contribution in [0.2, 0.25) is 0 Å². The minimum absolute atomic E-state index is 0.0481. The molecule has 0 aliphatic heterocycles. The second-order valence-corrected chi connectivity index (χ2v) is 6.93. The highest BCUT2D eigenvalue weighted by Gasteiger charge is 2.23. The summed E-state index contributed by atoms with van der Waals surface area (Å²) >= 11 is 1.45. The molecule has 1 aromatic carbocycles. The van der Waals surface area contributed by atoms with Gasteiger partial charge in [-0.3, -0.25) is 0 Å². The van der Waals surface area contributed by atoms with Crippen LogP contribution in [0.15, 0.2) is 27.8 Å². The third-order valence-corrected chi connectivity index (χ3v) is 5.39. The molecular formula is C13H14F2N2O2S2. The van der Waals surface area contributed by atoms with Crippen LogP contribution in [0.25, 0.3) is 0 Å². The van der Waals surface area contributed by atoms with E-state index >= 15 is 0 Å². The molecule has 1 aromatic heterocycles. The number of sulfonamides is 1. The number of halogens is 2. The summed E-state index contributed by atoms with van der Waals surface area (Å²) in [7, 11) is -4.08. The maximum Gasteiger partial charge on any atom is 0.243 e. The number of nitrogens with two attached hydrogens (primary N) is 1. The fourth-order valence-corrected chi connectivity index (χ4v) is 3.75. The summed E-state index contributed by atoms with van der Waals surface area (Å²) in [4.78, 5) is -0.600. The smallest absolute Gasteiger partial charge is 0.243 e. The second kappa shape index (κ2) is 6.18. The molecule has 0 fully saturated rings. The Labute approximate surface area is 125 Å². The zero-order chi connectivity index (χ0) is 15.6. The van der Waals surface area contributed by atoms with Crippen molar-refractivity contribution in [2.24, 2.45) is 5.73 Å². The predicted octanol–water partition coefficient (Wildman–Crippen LogP) is 2.27. The molecule has 0 amide bonds. The van der Waals surface area contributed by atoms with Gasteiger partial charge in [0, 0.05) is 18.7 Å². The lowest BCUT2D eigenvalue weighted by Crippen LogP contribution is -2.25. The Morgan fingerprint density at radius 3 is 2.57 bits per heavy atom. The van der Waals surface area contributed by atoms with E-state index in [1.165, 1.54) is 11.3 Å². The van der Waals surface area contributed by atoms with Crippen molar-refractivity contribution in [3.05, 3.63) is 51.2 Å². The van der Waals surface area contributed by atoms with E-state index in [4.69, 9.17) is 5.73 Å². The maximum absolute atomic E-state index is 14.0. The summed E-state index contributed by atoms with van der Waals surface area (Å²) in [5.74, 6) is -2.00. The summed E-state index contributed by atoms with van der Waals surface area (Å²) < 4.78 is 53.9. The predicted molar refractivity (Wildman–Crippen MR) is 77.3 cm³/mol. The largest absolute Gasteiger partial charge is 0.326 e. The van der Waals surface area contributed by atoms with E-state index in [2.05, 4.69) is 4.72 Å². The number of thiophene rings is 1. The van der Waals surface area contributed by atoms with Crippen molar-refractivity contribution in [1.82, 2.24) is 4.72 Å². The van der Waals surface area contributed by atoms with Crippen molar-refractivity contribution < 1.29 is 17.2 Å². The zero-order valence-electron chi connectivity index (χ0n) is 11.2. The SMILES string of the molecule is Cc1cscc1CNS(=O)(=O)c1ccc(F)c(CN)c1F. The topological polar surface area (TPSA) is 72.2 Å². The summed E-state index contributed by atoms with van der Waals surface area (Å²) in [6.07, 6.45) is 0. The molecular weight excluding hydrogens is 318 g/mol. The van der Waals surface area contributed by atoms with Gasteiger partial charge in [-0.05, 0) is 40.9 Å².